The van der Waals surface area contributed by atoms with Crippen molar-refractivity contribution in [3.05, 3.63) is 0 Å². The Hall–Kier alpha value is -0.750. The number of carbonyl (C=O) groups excluding carboxylic acids is 1. The number of hydrogen-bond donors (Lipinski definition) is 4. The van der Waals surface area contributed by atoms with Crippen molar-refractivity contribution < 1.29 is 14.7 Å². The number of carboxylic acid groups (broad SMARTS) is 1. The summed E-state index contributed by atoms with van der Waals surface area (Å²) in [4.78, 5) is 21.9. The van der Waals surface area contributed by atoms with Crippen LogP contribution in [0.1, 0.15) is 13.3 Å². The zero-order valence-corrected chi connectivity index (χ0v) is 8.96. The van der Waals surface area contributed by atoms with Gasteiger partial charge in [0.2, 0.25) is 5.91 Å². The first-order valence-corrected chi connectivity index (χ1v) is 5.04. The van der Waals surface area contributed by atoms with Crippen LogP contribution >= 0.6 is 12.6 Å². The molecule has 14 heavy (non-hydrogen) atoms. The highest BCUT2D eigenvalue weighted by Gasteiger charge is 2.28. The number of rotatable bonds is 6. The quantitative estimate of drug-likeness (QED) is 0.453. The summed E-state index contributed by atoms with van der Waals surface area (Å²) < 4.78 is 0. The number of aliphatic carboxylic acids is 1. The monoisotopic (exact) mass is 220 g/mol. The Balaban J connectivity index is 4.25. The third-order valence-corrected chi connectivity index (χ3v) is 2.19. The standard InChI is InChI=1S/C8H16N2O3S/c1-2-3-10-7(11)5(4-14)6(9)8(12)13/h5-6,14H,2-4,9H2,1H3,(H,10,11)(H,12,13). The van der Waals surface area contributed by atoms with E-state index in [4.69, 9.17) is 10.8 Å². The van der Waals surface area contributed by atoms with Crippen LogP contribution in [0.3, 0.4) is 0 Å². The smallest absolute Gasteiger partial charge is 0.321 e. The Kier molecular flexibility index (Phi) is 6.31. The molecule has 0 saturated heterocycles. The van der Waals surface area contributed by atoms with E-state index in [9.17, 15) is 9.59 Å². The molecule has 0 aliphatic heterocycles. The molecule has 6 heteroatoms. The van der Waals surface area contributed by atoms with Gasteiger partial charge in [-0.1, -0.05) is 6.92 Å². The summed E-state index contributed by atoms with van der Waals surface area (Å²) in [5.41, 5.74) is 5.33. The zero-order valence-electron chi connectivity index (χ0n) is 8.06. The van der Waals surface area contributed by atoms with Crippen LogP contribution < -0.4 is 11.1 Å². The van der Waals surface area contributed by atoms with Gasteiger partial charge in [0.1, 0.15) is 6.04 Å². The van der Waals surface area contributed by atoms with Gasteiger partial charge >= 0.3 is 5.97 Å². The van der Waals surface area contributed by atoms with Gasteiger partial charge < -0.3 is 16.2 Å². The van der Waals surface area contributed by atoms with Crippen molar-refractivity contribution in [3.8, 4) is 0 Å². The van der Waals surface area contributed by atoms with E-state index in [1.165, 1.54) is 0 Å². The van der Waals surface area contributed by atoms with Gasteiger partial charge in [-0.2, -0.15) is 12.6 Å². The minimum Gasteiger partial charge on any atom is -0.480 e. The normalized spacial score (nSPS) is 14.5. The molecule has 2 atom stereocenters. The predicted octanol–water partition coefficient (Wildman–Crippen LogP) is -0.529. The molecule has 0 spiro atoms. The van der Waals surface area contributed by atoms with Gasteiger partial charge in [0, 0.05) is 12.3 Å². The summed E-state index contributed by atoms with van der Waals surface area (Å²) in [5, 5.41) is 11.2. The molecular weight excluding hydrogens is 204 g/mol. The number of carbonyl (C=O) groups is 2. The fourth-order valence-corrected chi connectivity index (χ4v) is 1.30. The first-order chi connectivity index (χ1) is 6.54. The topological polar surface area (TPSA) is 92.4 Å². The van der Waals surface area contributed by atoms with Crippen LogP contribution in [0.25, 0.3) is 0 Å². The van der Waals surface area contributed by atoms with E-state index in [2.05, 4.69) is 17.9 Å². The molecule has 0 heterocycles. The summed E-state index contributed by atoms with van der Waals surface area (Å²) in [6.45, 7) is 2.43. The first kappa shape index (κ1) is 13.2. The molecule has 0 saturated carbocycles. The number of nitrogens with one attached hydrogen (secondary N) is 1. The molecule has 0 aromatic heterocycles. The van der Waals surface area contributed by atoms with Gasteiger partial charge in [-0.05, 0) is 6.42 Å². The lowest BCUT2D eigenvalue weighted by atomic mass is 10.0. The fourth-order valence-electron chi connectivity index (χ4n) is 0.911. The van der Waals surface area contributed by atoms with Gasteiger partial charge in [-0.3, -0.25) is 9.59 Å². The van der Waals surface area contributed by atoms with E-state index >= 15 is 0 Å². The molecule has 0 aromatic carbocycles. The zero-order chi connectivity index (χ0) is 11.1. The lowest BCUT2D eigenvalue weighted by molar-refractivity contribution is -0.142. The van der Waals surface area contributed by atoms with E-state index in [0.717, 1.165) is 6.42 Å². The summed E-state index contributed by atoms with van der Waals surface area (Å²) in [6, 6.07) is -1.19. The summed E-state index contributed by atoms with van der Waals surface area (Å²) >= 11 is 3.91. The number of thiol groups is 1. The molecule has 4 N–H and O–H groups in total. The maximum Gasteiger partial charge on any atom is 0.321 e. The van der Waals surface area contributed by atoms with Crippen LogP contribution in [0.15, 0.2) is 0 Å². The number of carboxylic acids is 1. The Morgan fingerprint density at radius 1 is 1.57 bits per heavy atom. The van der Waals surface area contributed by atoms with Crippen molar-refractivity contribution in [2.75, 3.05) is 12.3 Å². The number of nitrogens with two attached hydrogens (primary N) is 1. The van der Waals surface area contributed by atoms with E-state index in [0.29, 0.717) is 6.54 Å². The van der Waals surface area contributed by atoms with Gasteiger partial charge in [0.25, 0.3) is 0 Å². The third kappa shape index (κ3) is 3.97. The van der Waals surface area contributed by atoms with E-state index in [1.54, 1.807) is 0 Å². The minimum absolute atomic E-state index is 0.128. The maximum atomic E-state index is 11.4. The second-order valence-electron chi connectivity index (χ2n) is 2.94. The third-order valence-electron chi connectivity index (χ3n) is 1.80. The van der Waals surface area contributed by atoms with Gasteiger partial charge in [0.05, 0.1) is 5.92 Å². The van der Waals surface area contributed by atoms with Crippen molar-refractivity contribution in [2.45, 2.75) is 19.4 Å². The summed E-state index contributed by atoms with van der Waals surface area (Å²) in [7, 11) is 0. The van der Waals surface area contributed by atoms with Crippen molar-refractivity contribution in [3.63, 3.8) is 0 Å². The molecule has 0 aliphatic rings. The second kappa shape index (κ2) is 6.67. The first-order valence-electron chi connectivity index (χ1n) is 4.41. The van der Waals surface area contributed by atoms with Crippen LogP contribution in [0.2, 0.25) is 0 Å². The van der Waals surface area contributed by atoms with Crippen LogP contribution in [0.5, 0.6) is 0 Å². The maximum absolute atomic E-state index is 11.4. The molecule has 0 bridgehead atoms. The number of amides is 1. The molecule has 5 nitrogen and oxygen atoms in total. The van der Waals surface area contributed by atoms with E-state index in [1.807, 2.05) is 6.92 Å². The van der Waals surface area contributed by atoms with Gasteiger partial charge in [-0.15, -0.1) is 0 Å². The SMILES string of the molecule is CCCNC(=O)C(CS)C(N)C(=O)O. The average molecular weight is 220 g/mol. The Labute approximate surface area is 88.5 Å². The molecule has 0 radical (unpaired) electrons. The molecule has 0 aromatic rings. The highest BCUT2D eigenvalue weighted by atomic mass is 32.1. The van der Waals surface area contributed by atoms with Crippen molar-refractivity contribution in [2.24, 2.45) is 11.7 Å². The van der Waals surface area contributed by atoms with Crippen LogP contribution in [0.4, 0.5) is 0 Å². The molecule has 1 amide bonds. The highest BCUT2D eigenvalue weighted by molar-refractivity contribution is 7.80. The number of hydrogen-bond acceptors (Lipinski definition) is 4. The van der Waals surface area contributed by atoms with Crippen LogP contribution in [0, 0.1) is 5.92 Å². The second-order valence-corrected chi connectivity index (χ2v) is 3.31. The largest absolute Gasteiger partial charge is 0.480 e. The molecular formula is C8H16N2O3S. The fraction of sp³-hybridized carbons (Fsp3) is 0.750. The van der Waals surface area contributed by atoms with Crippen LogP contribution in [-0.2, 0) is 9.59 Å². The van der Waals surface area contributed by atoms with Gasteiger partial charge in [0.15, 0.2) is 0 Å². The van der Waals surface area contributed by atoms with Crippen molar-refractivity contribution in [1.82, 2.24) is 5.32 Å². The van der Waals surface area contributed by atoms with Crippen molar-refractivity contribution >= 4 is 24.5 Å². The Morgan fingerprint density at radius 3 is 2.50 bits per heavy atom. The van der Waals surface area contributed by atoms with E-state index < -0.39 is 17.9 Å². The molecule has 2 unspecified atom stereocenters. The average Bonchev–Trinajstić information content (AvgIpc) is 2.15. The predicted molar refractivity (Wildman–Crippen MR) is 56.3 cm³/mol. The summed E-state index contributed by atoms with van der Waals surface area (Å²) in [6.07, 6.45) is 0.799. The van der Waals surface area contributed by atoms with Gasteiger partial charge in [-0.25, -0.2) is 0 Å². The van der Waals surface area contributed by atoms with Crippen LogP contribution in [-0.4, -0.2) is 35.3 Å². The lowest BCUT2D eigenvalue weighted by Crippen LogP contribution is -2.47. The Morgan fingerprint density at radius 2 is 2.14 bits per heavy atom. The summed E-state index contributed by atoms with van der Waals surface area (Å²) in [5.74, 6) is -2.18. The lowest BCUT2D eigenvalue weighted by Gasteiger charge is -2.17. The molecule has 82 valence electrons. The molecule has 0 rings (SSSR count). The van der Waals surface area contributed by atoms with Crippen molar-refractivity contribution in [1.29, 1.82) is 0 Å². The Bertz CT molecular complexity index is 211. The molecule has 0 fully saturated rings. The highest BCUT2D eigenvalue weighted by Crippen LogP contribution is 2.05. The van der Waals surface area contributed by atoms with E-state index in [-0.39, 0.29) is 11.7 Å². The molecule has 0 aliphatic carbocycles. The minimum atomic E-state index is -1.19.